The molecular weight excluding hydrogens is 895 g/mol. The molecule has 2 aliphatic rings. The molecule has 0 N–H and O–H groups in total. The Balaban J connectivity index is 0.971. The highest BCUT2D eigenvalue weighted by Crippen LogP contribution is 2.64. The van der Waals surface area contributed by atoms with Crippen molar-refractivity contribution in [2.24, 2.45) is 0 Å². The Hall–Kier alpha value is -9.70. The Morgan fingerprint density at radius 1 is 0.270 bits per heavy atom. The minimum absolute atomic E-state index is 0.476. The second-order valence-corrected chi connectivity index (χ2v) is 19.9. The molecule has 0 radical (unpaired) electrons. The zero-order valence-corrected chi connectivity index (χ0v) is 40.2. The van der Waals surface area contributed by atoms with E-state index in [1.807, 2.05) is 0 Å². The molecule has 0 amide bonds. The number of nitrogens with zero attached hydrogens (tertiary/aromatic N) is 3. The third kappa shape index (κ3) is 5.72. The number of hydrogen-bond acceptors (Lipinski definition) is 2. The summed E-state index contributed by atoms with van der Waals surface area (Å²) in [5.74, 6) is 0.682. The first-order chi connectivity index (χ1) is 36.7. The molecule has 2 aliphatic carbocycles. The lowest BCUT2D eigenvalue weighted by Crippen LogP contribution is -2.25. The standard InChI is InChI=1S/C71H43N3/c1-2-19-44(20-3-1)70-72-65(43-66(73-70)59-30-18-34-64-69(59)58-29-10-15-33-63(58)71(64)61-31-13-8-25-54(61)55-26-9-14-32-62(55)71)47-39-46(40-48(41-47)74-67-35-16-11-27-56(67)57-28-12-17-36-68(57)74)45-37-38-53-51-23-5-4-21-49(51)50-22-6-7-24-52(50)60(53)42-45/h1-43H. The van der Waals surface area contributed by atoms with Crippen molar-refractivity contribution in [3.8, 4) is 73.0 Å². The molecule has 0 saturated heterocycles. The van der Waals surface area contributed by atoms with Crippen molar-refractivity contribution in [3.63, 3.8) is 0 Å². The smallest absolute Gasteiger partial charge is 0.160 e. The average Bonchev–Trinajstić information content (AvgIpc) is 4.11. The predicted octanol–water partition coefficient (Wildman–Crippen LogP) is 18.0. The first kappa shape index (κ1) is 41.0. The zero-order chi connectivity index (χ0) is 48.5. The van der Waals surface area contributed by atoms with Crippen LogP contribution in [0.1, 0.15) is 22.3 Å². The SMILES string of the molecule is c1ccc(-c2nc(-c3cc(-c4ccc5c6ccccc6c6ccccc6c5c4)cc(-n4c5ccccc5c5ccccc54)c3)cc(-c3cccc4c3-c3ccccc3C43c4ccccc4-c4ccccc43)n2)cc1. The zero-order valence-electron chi connectivity index (χ0n) is 40.2. The molecule has 342 valence electrons. The lowest BCUT2D eigenvalue weighted by molar-refractivity contribution is 0.794. The summed E-state index contributed by atoms with van der Waals surface area (Å²) in [6, 6.07) is 95.9. The molecule has 3 heteroatoms. The van der Waals surface area contributed by atoms with Gasteiger partial charge in [0.25, 0.3) is 0 Å². The largest absolute Gasteiger partial charge is 0.309 e. The van der Waals surface area contributed by atoms with Crippen molar-refractivity contribution in [2.45, 2.75) is 5.41 Å². The first-order valence-corrected chi connectivity index (χ1v) is 25.6. The van der Waals surface area contributed by atoms with Crippen molar-refractivity contribution in [1.29, 1.82) is 0 Å². The fourth-order valence-electron chi connectivity index (χ4n) is 13.1. The molecule has 0 fully saturated rings. The highest BCUT2D eigenvalue weighted by molar-refractivity contribution is 6.26. The van der Waals surface area contributed by atoms with Gasteiger partial charge in [-0.05, 0) is 130 Å². The molecule has 3 nitrogen and oxygen atoms in total. The summed E-state index contributed by atoms with van der Waals surface area (Å²) >= 11 is 0. The van der Waals surface area contributed by atoms with E-state index in [4.69, 9.17) is 9.97 Å². The van der Waals surface area contributed by atoms with E-state index in [1.54, 1.807) is 0 Å². The van der Waals surface area contributed by atoms with Gasteiger partial charge in [0.05, 0.1) is 27.8 Å². The minimum Gasteiger partial charge on any atom is -0.309 e. The predicted molar refractivity (Wildman–Crippen MR) is 307 cm³/mol. The van der Waals surface area contributed by atoms with Crippen LogP contribution in [0.3, 0.4) is 0 Å². The maximum Gasteiger partial charge on any atom is 0.160 e. The van der Waals surface area contributed by atoms with E-state index in [2.05, 4.69) is 265 Å². The topological polar surface area (TPSA) is 30.7 Å². The molecule has 16 rings (SSSR count). The number of hydrogen-bond donors (Lipinski definition) is 0. The van der Waals surface area contributed by atoms with Crippen molar-refractivity contribution >= 4 is 54.1 Å². The number of benzene rings is 12. The maximum absolute atomic E-state index is 5.56. The number of rotatable bonds is 5. The number of fused-ring (bicyclic) bond motifs is 19. The highest BCUT2D eigenvalue weighted by Gasteiger charge is 2.52. The molecule has 74 heavy (non-hydrogen) atoms. The van der Waals surface area contributed by atoms with Gasteiger partial charge in [0.1, 0.15) is 0 Å². The van der Waals surface area contributed by atoms with E-state index in [-0.39, 0.29) is 0 Å². The third-order valence-corrected chi connectivity index (χ3v) is 16.2. The number of aromatic nitrogens is 3. The van der Waals surface area contributed by atoms with Gasteiger partial charge in [0.2, 0.25) is 0 Å². The van der Waals surface area contributed by atoms with Crippen LogP contribution in [0.2, 0.25) is 0 Å². The maximum atomic E-state index is 5.56. The van der Waals surface area contributed by atoms with Crippen molar-refractivity contribution in [3.05, 3.63) is 283 Å². The van der Waals surface area contributed by atoms with Gasteiger partial charge >= 0.3 is 0 Å². The fourth-order valence-corrected chi connectivity index (χ4v) is 13.1. The van der Waals surface area contributed by atoms with E-state index in [1.165, 1.54) is 87.6 Å². The van der Waals surface area contributed by atoms with Gasteiger partial charge < -0.3 is 4.57 Å². The van der Waals surface area contributed by atoms with Crippen LogP contribution in [0.15, 0.2) is 261 Å². The van der Waals surface area contributed by atoms with E-state index >= 15 is 0 Å². The van der Waals surface area contributed by atoms with E-state index < -0.39 is 5.41 Å². The van der Waals surface area contributed by atoms with E-state index in [9.17, 15) is 0 Å². The van der Waals surface area contributed by atoms with Crippen LogP contribution in [-0.4, -0.2) is 14.5 Å². The van der Waals surface area contributed by atoms with Crippen LogP contribution in [0, 0.1) is 0 Å². The second-order valence-electron chi connectivity index (χ2n) is 19.9. The van der Waals surface area contributed by atoms with Crippen LogP contribution < -0.4 is 0 Å². The van der Waals surface area contributed by atoms with Crippen LogP contribution in [0.4, 0.5) is 0 Å². The molecule has 0 atom stereocenters. The first-order valence-electron chi connectivity index (χ1n) is 25.6. The lowest BCUT2D eigenvalue weighted by atomic mass is 9.70. The van der Waals surface area contributed by atoms with Crippen LogP contribution in [0.25, 0.3) is 127 Å². The van der Waals surface area contributed by atoms with Crippen LogP contribution in [0.5, 0.6) is 0 Å². The monoisotopic (exact) mass is 937 g/mol. The van der Waals surface area contributed by atoms with Gasteiger partial charge in [-0.3, -0.25) is 0 Å². The Labute approximate surface area is 428 Å². The summed E-state index contributed by atoms with van der Waals surface area (Å²) < 4.78 is 2.43. The normalized spacial score (nSPS) is 13.0. The summed E-state index contributed by atoms with van der Waals surface area (Å²) in [4.78, 5) is 11.1. The van der Waals surface area contributed by atoms with Crippen molar-refractivity contribution < 1.29 is 0 Å². The second kappa shape index (κ2) is 15.6. The van der Waals surface area contributed by atoms with E-state index in [0.29, 0.717) is 5.82 Å². The summed E-state index contributed by atoms with van der Waals surface area (Å²) in [5, 5.41) is 9.97. The molecule has 1 spiro atoms. The summed E-state index contributed by atoms with van der Waals surface area (Å²) in [7, 11) is 0. The van der Waals surface area contributed by atoms with Gasteiger partial charge in [-0.2, -0.15) is 0 Å². The molecule has 0 saturated carbocycles. The number of para-hydroxylation sites is 2. The molecule has 0 bridgehead atoms. The molecule has 2 aromatic heterocycles. The summed E-state index contributed by atoms with van der Waals surface area (Å²) in [6.45, 7) is 0. The molecule has 14 aromatic rings. The van der Waals surface area contributed by atoms with Crippen molar-refractivity contribution in [1.82, 2.24) is 14.5 Å². The average molecular weight is 938 g/mol. The Morgan fingerprint density at radius 2 is 0.743 bits per heavy atom. The Kier molecular flexibility index (Phi) is 8.66. The van der Waals surface area contributed by atoms with Crippen LogP contribution in [-0.2, 0) is 5.41 Å². The molecule has 12 aromatic carbocycles. The molecule has 0 unspecified atom stereocenters. The molecular formula is C71H43N3. The van der Waals surface area contributed by atoms with E-state index in [0.717, 1.165) is 55.9 Å². The van der Waals surface area contributed by atoms with Gasteiger partial charge in [-0.15, -0.1) is 0 Å². The minimum atomic E-state index is -0.476. The summed E-state index contributed by atoms with van der Waals surface area (Å²) in [5.41, 5.74) is 20.2. The third-order valence-electron chi connectivity index (χ3n) is 16.2. The van der Waals surface area contributed by atoms with Gasteiger partial charge in [-0.1, -0.05) is 218 Å². The molecule has 0 aliphatic heterocycles. The fraction of sp³-hybridized carbons (Fsp3) is 0.0141. The quantitative estimate of drug-likeness (QED) is 0.161. The molecule has 2 heterocycles. The summed E-state index contributed by atoms with van der Waals surface area (Å²) in [6.07, 6.45) is 0. The Morgan fingerprint density at radius 3 is 1.39 bits per heavy atom. The van der Waals surface area contributed by atoms with Crippen LogP contribution >= 0.6 is 0 Å². The highest BCUT2D eigenvalue weighted by atomic mass is 15.0. The Bertz CT molecular complexity index is 4540. The van der Waals surface area contributed by atoms with Gasteiger partial charge in [0, 0.05) is 33.2 Å². The van der Waals surface area contributed by atoms with Gasteiger partial charge in [0.15, 0.2) is 5.82 Å². The lowest BCUT2D eigenvalue weighted by Gasteiger charge is -2.30. The van der Waals surface area contributed by atoms with Gasteiger partial charge in [-0.25, -0.2) is 9.97 Å². The van der Waals surface area contributed by atoms with Crippen molar-refractivity contribution in [2.75, 3.05) is 0 Å².